The van der Waals surface area contributed by atoms with E-state index in [1.165, 1.54) is 32.1 Å². The van der Waals surface area contributed by atoms with Crippen molar-refractivity contribution in [3.8, 4) is 0 Å². The Balaban J connectivity index is 2.30. The number of thiocarbonyl (C=S) groups is 1. The zero-order chi connectivity index (χ0) is 14.7. The fourth-order valence-corrected chi connectivity index (χ4v) is 3.57. The molecule has 4 heteroatoms. The summed E-state index contributed by atoms with van der Waals surface area (Å²) in [5.74, 6) is 1.60. The molecular formula is C16H25N3S. The zero-order valence-electron chi connectivity index (χ0n) is 12.7. The van der Waals surface area contributed by atoms with E-state index in [2.05, 4.69) is 17.2 Å². The molecule has 0 aliphatic heterocycles. The predicted octanol–water partition coefficient (Wildman–Crippen LogP) is 3.71. The molecule has 3 N–H and O–H groups in total. The van der Waals surface area contributed by atoms with Crippen LogP contribution in [0.4, 0.5) is 5.82 Å². The lowest BCUT2D eigenvalue weighted by molar-refractivity contribution is 0.317. The average Bonchev–Trinajstić information content (AvgIpc) is 2.38. The zero-order valence-corrected chi connectivity index (χ0v) is 13.5. The van der Waals surface area contributed by atoms with Crippen LogP contribution < -0.4 is 11.1 Å². The van der Waals surface area contributed by atoms with E-state index in [4.69, 9.17) is 18.0 Å². The quantitative estimate of drug-likeness (QED) is 0.830. The van der Waals surface area contributed by atoms with Crippen molar-refractivity contribution in [2.24, 2.45) is 11.7 Å². The third kappa shape index (κ3) is 3.29. The van der Waals surface area contributed by atoms with E-state index in [0.29, 0.717) is 11.0 Å². The van der Waals surface area contributed by atoms with Gasteiger partial charge in [-0.25, -0.2) is 4.98 Å². The molecule has 0 aromatic carbocycles. The fraction of sp³-hybridized carbons (Fsp3) is 0.625. The van der Waals surface area contributed by atoms with Gasteiger partial charge in [-0.15, -0.1) is 0 Å². The van der Waals surface area contributed by atoms with Crippen LogP contribution in [0.5, 0.6) is 0 Å². The van der Waals surface area contributed by atoms with Gasteiger partial charge in [-0.3, -0.25) is 0 Å². The monoisotopic (exact) mass is 291 g/mol. The van der Waals surface area contributed by atoms with E-state index in [-0.39, 0.29) is 0 Å². The number of aryl methyl sites for hydroxylation is 2. The van der Waals surface area contributed by atoms with Crippen molar-refractivity contribution in [2.45, 2.75) is 58.9 Å². The van der Waals surface area contributed by atoms with E-state index in [1.807, 2.05) is 19.9 Å². The van der Waals surface area contributed by atoms with Gasteiger partial charge in [0, 0.05) is 11.7 Å². The highest BCUT2D eigenvalue weighted by molar-refractivity contribution is 7.80. The maximum atomic E-state index is 5.89. The number of hydrogen-bond donors (Lipinski definition) is 2. The summed E-state index contributed by atoms with van der Waals surface area (Å²) < 4.78 is 0. The number of hydrogen-bond acceptors (Lipinski definition) is 3. The molecule has 1 saturated carbocycles. The summed E-state index contributed by atoms with van der Waals surface area (Å²) in [6.45, 7) is 6.33. The highest BCUT2D eigenvalue weighted by Crippen LogP contribution is 2.30. The third-order valence-electron chi connectivity index (χ3n) is 4.35. The highest BCUT2D eigenvalue weighted by Gasteiger charge is 2.25. The minimum atomic E-state index is 0.432. The van der Waals surface area contributed by atoms with Crippen LogP contribution in [-0.2, 0) is 0 Å². The largest absolute Gasteiger partial charge is 0.389 e. The van der Waals surface area contributed by atoms with E-state index >= 15 is 0 Å². The van der Waals surface area contributed by atoms with Crippen molar-refractivity contribution >= 4 is 23.0 Å². The lowest BCUT2D eigenvalue weighted by atomic mass is 9.83. The molecule has 2 atom stereocenters. The average molecular weight is 291 g/mol. The lowest BCUT2D eigenvalue weighted by Gasteiger charge is -2.32. The Bertz CT molecular complexity index is 499. The van der Waals surface area contributed by atoms with E-state index < -0.39 is 0 Å². The van der Waals surface area contributed by atoms with Crippen LogP contribution in [0.2, 0.25) is 0 Å². The first-order chi connectivity index (χ1) is 9.52. The number of nitrogens with one attached hydrogen (secondary N) is 1. The molecule has 1 aromatic heterocycles. The second-order valence-corrected chi connectivity index (χ2v) is 6.31. The Morgan fingerprint density at radius 3 is 2.75 bits per heavy atom. The molecule has 0 radical (unpaired) electrons. The van der Waals surface area contributed by atoms with Gasteiger partial charge in [0.25, 0.3) is 0 Å². The van der Waals surface area contributed by atoms with Gasteiger partial charge in [0.05, 0.1) is 5.56 Å². The Morgan fingerprint density at radius 1 is 1.40 bits per heavy atom. The van der Waals surface area contributed by atoms with Crippen molar-refractivity contribution in [2.75, 3.05) is 5.32 Å². The standard InChI is InChI=1S/C16H25N3S/c1-4-12-7-5-6-8-13(12)19-16-14(15(17)20)10(2)9-11(3)18-16/h9,12-13H,4-8H2,1-3H3,(H2,17,20)(H,18,19). The smallest absolute Gasteiger partial charge is 0.137 e. The number of aromatic nitrogens is 1. The van der Waals surface area contributed by atoms with Gasteiger partial charge in [-0.2, -0.15) is 0 Å². The van der Waals surface area contributed by atoms with E-state index in [9.17, 15) is 0 Å². The van der Waals surface area contributed by atoms with Crippen LogP contribution in [0, 0.1) is 19.8 Å². The fourth-order valence-electron chi connectivity index (χ4n) is 3.31. The molecule has 2 rings (SSSR count). The summed E-state index contributed by atoms with van der Waals surface area (Å²) in [7, 11) is 0. The summed E-state index contributed by atoms with van der Waals surface area (Å²) in [4.78, 5) is 5.07. The minimum absolute atomic E-state index is 0.432. The first-order valence-electron chi connectivity index (χ1n) is 7.57. The molecule has 1 aliphatic rings. The van der Waals surface area contributed by atoms with E-state index in [1.54, 1.807) is 0 Å². The Hall–Kier alpha value is -1.16. The minimum Gasteiger partial charge on any atom is -0.389 e. The molecule has 2 unspecified atom stereocenters. The van der Waals surface area contributed by atoms with Crippen LogP contribution in [0.3, 0.4) is 0 Å². The molecule has 0 spiro atoms. The van der Waals surface area contributed by atoms with Crippen molar-refractivity contribution in [3.05, 3.63) is 22.9 Å². The first kappa shape index (κ1) is 15.2. The number of anilines is 1. The van der Waals surface area contributed by atoms with Gasteiger partial charge < -0.3 is 11.1 Å². The van der Waals surface area contributed by atoms with E-state index in [0.717, 1.165) is 28.6 Å². The van der Waals surface area contributed by atoms with Crippen molar-refractivity contribution in [1.29, 1.82) is 0 Å². The van der Waals surface area contributed by atoms with Gasteiger partial charge in [-0.1, -0.05) is 38.4 Å². The summed E-state index contributed by atoms with van der Waals surface area (Å²) in [5, 5.41) is 3.63. The summed E-state index contributed by atoms with van der Waals surface area (Å²) in [6.07, 6.45) is 6.37. The lowest BCUT2D eigenvalue weighted by Crippen LogP contribution is -2.33. The number of nitrogens with zero attached hydrogens (tertiary/aromatic N) is 1. The van der Waals surface area contributed by atoms with Gasteiger partial charge in [0.1, 0.15) is 10.8 Å². The Labute approximate surface area is 127 Å². The van der Waals surface area contributed by atoms with Gasteiger partial charge in [0.15, 0.2) is 0 Å². The topological polar surface area (TPSA) is 50.9 Å². The molecule has 0 amide bonds. The molecule has 0 bridgehead atoms. The van der Waals surface area contributed by atoms with Gasteiger partial charge in [-0.05, 0) is 44.2 Å². The molecule has 3 nitrogen and oxygen atoms in total. The normalized spacial score (nSPS) is 22.6. The molecule has 1 aliphatic carbocycles. The summed E-state index contributed by atoms with van der Waals surface area (Å²) in [5.41, 5.74) is 8.91. The van der Waals surface area contributed by atoms with Crippen LogP contribution in [0.1, 0.15) is 55.8 Å². The molecular weight excluding hydrogens is 266 g/mol. The van der Waals surface area contributed by atoms with Crippen molar-refractivity contribution in [3.63, 3.8) is 0 Å². The maximum absolute atomic E-state index is 5.89. The first-order valence-corrected chi connectivity index (χ1v) is 7.98. The number of rotatable bonds is 4. The van der Waals surface area contributed by atoms with Crippen LogP contribution in [0.15, 0.2) is 6.07 Å². The number of nitrogens with two attached hydrogens (primary N) is 1. The Morgan fingerprint density at radius 2 is 2.10 bits per heavy atom. The summed E-state index contributed by atoms with van der Waals surface area (Å²) >= 11 is 5.20. The maximum Gasteiger partial charge on any atom is 0.137 e. The van der Waals surface area contributed by atoms with Crippen LogP contribution >= 0.6 is 12.2 Å². The molecule has 20 heavy (non-hydrogen) atoms. The third-order valence-corrected chi connectivity index (χ3v) is 4.55. The summed E-state index contributed by atoms with van der Waals surface area (Å²) in [6, 6.07) is 2.54. The molecule has 1 heterocycles. The van der Waals surface area contributed by atoms with Crippen molar-refractivity contribution < 1.29 is 0 Å². The SMILES string of the molecule is CCC1CCCCC1Nc1nc(C)cc(C)c1C(N)=S. The van der Waals surface area contributed by atoms with Crippen LogP contribution in [-0.4, -0.2) is 16.0 Å². The molecule has 0 saturated heterocycles. The van der Waals surface area contributed by atoms with Gasteiger partial charge in [0.2, 0.25) is 0 Å². The predicted molar refractivity (Wildman–Crippen MR) is 89.3 cm³/mol. The van der Waals surface area contributed by atoms with Crippen LogP contribution in [0.25, 0.3) is 0 Å². The molecule has 1 aromatic rings. The second kappa shape index (κ2) is 6.53. The second-order valence-electron chi connectivity index (χ2n) is 5.87. The van der Waals surface area contributed by atoms with Gasteiger partial charge >= 0.3 is 0 Å². The molecule has 110 valence electrons. The number of pyridine rings is 1. The van der Waals surface area contributed by atoms with Crippen molar-refractivity contribution in [1.82, 2.24) is 4.98 Å². The highest BCUT2D eigenvalue weighted by atomic mass is 32.1. The Kier molecular flexibility index (Phi) is 4.97. The molecule has 1 fully saturated rings.